The smallest absolute Gasteiger partial charge is 0.329 e. The van der Waals surface area contributed by atoms with Gasteiger partial charge in [0, 0.05) is 23.6 Å². The number of rotatable bonds is 5. The summed E-state index contributed by atoms with van der Waals surface area (Å²) in [4.78, 5) is 30.6. The number of aromatic amines is 1. The van der Waals surface area contributed by atoms with E-state index < -0.39 is 11.2 Å². The lowest BCUT2D eigenvalue weighted by molar-refractivity contribution is 0.474. The zero-order chi connectivity index (χ0) is 18.8. The lowest BCUT2D eigenvalue weighted by Gasteiger charge is -2.06. The number of aromatic nitrogens is 4. The molecule has 0 fully saturated rings. The number of hydrogen-bond donors (Lipinski definition) is 3. The van der Waals surface area contributed by atoms with Crippen LogP contribution in [0.3, 0.4) is 0 Å². The molecule has 1 aromatic carbocycles. The van der Waals surface area contributed by atoms with Gasteiger partial charge in [0.25, 0.3) is 5.56 Å². The summed E-state index contributed by atoms with van der Waals surface area (Å²) in [6.07, 6.45) is 2.21. The summed E-state index contributed by atoms with van der Waals surface area (Å²) in [5.41, 5.74) is 2.85. The largest absolute Gasteiger partial charge is 0.507 e. The fraction of sp³-hybridized carbons (Fsp3) is 0.250. The monoisotopic (exact) mass is 420 g/mol. The maximum absolute atomic E-state index is 12.2. The van der Waals surface area contributed by atoms with Crippen LogP contribution in [0.1, 0.15) is 18.9 Å². The Hall–Kier alpha value is -2.88. The number of benzene rings is 1. The Balaban J connectivity index is 2.02. The van der Waals surface area contributed by atoms with Crippen molar-refractivity contribution in [1.82, 2.24) is 19.1 Å². The molecule has 0 aliphatic rings. The quantitative estimate of drug-likeness (QED) is 0.429. The summed E-state index contributed by atoms with van der Waals surface area (Å²) in [6.45, 7) is 2.49. The van der Waals surface area contributed by atoms with Crippen molar-refractivity contribution < 1.29 is 5.11 Å². The van der Waals surface area contributed by atoms with Crippen molar-refractivity contribution >= 4 is 39.3 Å². The van der Waals surface area contributed by atoms with Gasteiger partial charge in [-0.25, -0.2) is 10.2 Å². The molecule has 0 aliphatic carbocycles. The van der Waals surface area contributed by atoms with E-state index in [1.165, 1.54) is 17.8 Å². The topological polar surface area (TPSA) is 117 Å². The molecule has 0 amide bonds. The Morgan fingerprint density at radius 2 is 2.19 bits per heavy atom. The Bertz CT molecular complexity index is 1110. The highest BCUT2D eigenvalue weighted by Gasteiger charge is 2.16. The molecule has 3 aromatic rings. The predicted octanol–water partition coefficient (Wildman–Crippen LogP) is 1.75. The van der Waals surface area contributed by atoms with Gasteiger partial charge in [0.05, 0.1) is 6.21 Å². The van der Waals surface area contributed by atoms with Crippen LogP contribution in [0.4, 0.5) is 5.95 Å². The average molecular weight is 421 g/mol. The number of fused-ring (bicyclic) bond motifs is 1. The summed E-state index contributed by atoms with van der Waals surface area (Å²) in [5.74, 6) is 0.409. The van der Waals surface area contributed by atoms with Crippen molar-refractivity contribution in [3.63, 3.8) is 0 Å². The van der Waals surface area contributed by atoms with Crippen molar-refractivity contribution in [3.8, 4) is 5.75 Å². The number of anilines is 1. The van der Waals surface area contributed by atoms with Crippen molar-refractivity contribution in [3.05, 3.63) is 49.1 Å². The van der Waals surface area contributed by atoms with E-state index >= 15 is 0 Å². The third kappa shape index (κ3) is 3.27. The lowest BCUT2D eigenvalue weighted by atomic mass is 10.2. The molecule has 3 N–H and O–H groups in total. The molecular formula is C16H17BrN6O3. The standard InChI is InChI=1S/C16H17BrN6O3/c1-3-6-23-12-13(22(2)16(26)20-14(12)25)19-15(23)21-18-8-9-4-5-10(17)7-11(9)24/h4-5,7-8,24H,3,6H2,1-2H3,(H,19,21)(H,20,25,26)/b18-8+. The van der Waals surface area contributed by atoms with E-state index in [9.17, 15) is 14.7 Å². The number of aromatic hydroxyl groups is 1. The number of imidazole rings is 1. The highest BCUT2D eigenvalue weighted by atomic mass is 79.9. The minimum Gasteiger partial charge on any atom is -0.507 e. The van der Waals surface area contributed by atoms with E-state index in [4.69, 9.17) is 0 Å². The molecule has 9 nitrogen and oxygen atoms in total. The molecule has 0 radical (unpaired) electrons. The lowest BCUT2D eigenvalue weighted by Crippen LogP contribution is -2.29. The summed E-state index contributed by atoms with van der Waals surface area (Å²) in [7, 11) is 1.54. The molecule has 2 aromatic heterocycles. The van der Waals surface area contributed by atoms with E-state index in [1.807, 2.05) is 6.92 Å². The molecule has 0 bridgehead atoms. The van der Waals surface area contributed by atoms with Crippen LogP contribution in [0.25, 0.3) is 11.2 Å². The molecule has 136 valence electrons. The molecule has 26 heavy (non-hydrogen) atoms. The Kier molecular flexibility index (Phi) is 4.94. The minimum absolute atomic E-state index is 0.0748. The summed E-state index contributed by atoms with van der Waals surface area (Å²) in [6, 6.07) is 5.04. The van der Waals surface area contributed by atoms with Gasteiger partial charge in [0.15, 0.2) is 11.2 Å². The summed E-state index contributed by atoms with van der Waals surface area (Å²) in [5, 5.41) is 14.0. The van der Waals surface area contributed by atoms with Crippen LogP contribution in [-0.2, 0) is 13.6 Å². The number of nitrogens with one attached hydrogen (secondary N) is 2. The van der Waals surface area contributed by atoms with Crippen LogP contribution in [0.2, 0.25) is 0 Å². The maximum Gasteiger partial charge on any atom is 0.329 e. The molecule has 2 heterocycles. The highest BCUT2D eigenvalue weighted by molar-refractivity contribution is 9.10. The van der Waals surface area contributed by atoms with Crippen LogP contribution < -0.4 is 16.7 Å². The first-order valence-corrected chi connectivity index (χ1v) is 8.68. The molecule has 0 aliphatic heterocycles. The first-order valence-electron chi connectivity index (χ1n) is 7.89. The number of H-pyrrole nitrogens is 1. The van der Waals surface area contributed by atoms with Gasteiger partial charge in [-0.1, -0.05) is 22.9 Å². The maximum atomic E-state index is 12.2. The average Bonchev–Trinajstić information content (AvgIpc) is 2.94. The van der Waals surface area contributed by atoms with Gasteiger partial charge in [-0.05, 0) is 24.6 Å². The van der Waals surface area contributed by atoms with Crippen molar-refractivity contribution in [1.29, 1.82) is 0 Å². The Labute approximate surface area is 156 Å². The first kappa shape index (κ1) is 17.9. The van der Waals surface area contributed by atoms with Gasteiger partial charge >= 0.3 is 5.69 Å². The van der Waals surface area contributed by atoms with Crippen LogP contribution in [0.5, 0.6) is 5.75 Å². The number of hydrazone groups is 1. The van der Waals surface area contributed by atoms with E-state index in [0.717, 1.165) is 10.9 Å². The normalized spacial score (nSPS) is 11.5. The third-order valence-corrected chi connectivity index (χ3v) is 4.31. The Morgan fingerprint density at radius 1 is 1.42 bits per heavy atom. The van der Waals surface area contributed by atoms with Crippen molar-refractivity contribution in [2.24, 2.45) is 12.1 Å². The van der Waals surface area contributed by atoms with Gasteiger partial charge in [-0.3, -0.25) is 14.3 Å². The second kappa shape index (κ2) is 7.16. The number of hydrogen-bond acceptors (Lipinski definition) is 6. The van der Waals surface area contributed by atoms with Gasteiger partial charge in [-0.2, -0.15) is 10.1 Å². The minimum atomic E-state index is -0.529. The number of halogens is 1. The van der Waals surface area contributed by atoms with E-state index in [1.54, 1.807) is 22.8 Å². The summed E-state index contributed by atoms with van der Waals surface area (Å²) < 4.78 is 3.70. The molecule has 0 unspecified atom stereocenters. The highest BCUT2D eigenvalue weighted by Crippen LogP contribution is 2.21. The van der Waals surface area contributed by atoms with Crippen LogP contribution in [0.15, 0.2) is 37.4 Å². The van der Waals surface area contributed by atoms with Crippen LogP contribution in [-0.4, -0.2) is 30.4 Å². The first-order chi connectivity index (χ1) is 12.4. The second-order valence-electron chi connectivity index (χ2n) is 5.65. The summed E-state index contributed by atoms with van der Waals surface area (Å²) >= 11 is 3.27. The second-order valence-corrected chi connectivity index (χ2v) is 6.57. The number of phenols is 1. The van der Waals surface area contributed by atoms with Crippen LogP contribution >= 0.6 is 15.9 Å². The Morgan fingerprint density at radius 3 is 2.88 bits per heavy atom. The molecule has 0 saturated carbocycles. The number of nitrogens with zero attached hydrogens (tertiary/aromatic N) is 4. The number of phenolic OH excluding ortho intramolecular Hbond substituents is 1. The van der Waals surface area contributed by atoms with E-state index in [2.05, 4.69) is 36.4 Å². The van der Waals surface area contributed by atoms with Crippen molar-refractivity contribution in [2.75, 3.05) is 5.43 Å². The van der Waals surface area contributed by atoms with Gasteiger partial charge in [0.1, 0.15) is 5.75 Å². The zero-order valence-corrected chi connectivity index (χ0v) is 15.7. The zero-order valence-electron chi connectivity index (χ0n) is 14.2. The molecule has 10 heteroatoms. The van der Waals surface area contributed by atoms with E-state index in [-0.39, 0.29) is 11.4 Å². The van der Waals surface area contributed by atoms with Gasteiger partial charge < -0.3 is 9.67 Å². The third-order valence-electron chi connectivity index (χ3n) is 3.81. The fourth-order valence-electron chi connectivity index (χ4n) is 2.55. The molecule has 0 spiro atoms. The predicted molar refractivity (Wildman–Crippen MR) is 103 cm³/mol. The van der Waals surface area contributed by atoms with Gasteiger partial charge in [0.2, 0.25) is 5.95 Å². The number of aryl methyl sites for hydroxylation is 2. The van der Waals surface area contributed by atoms with Crippen LogP contribution in [0, 0.1) is 0 Å². The fourth-order valence-corrected chi connectivity index (χ4v) is 2.90. The van der Waals surface area contributed by atoms with Crippen molar-refractivity contribution in [2.45, 2.75) is 19.9 Å². The van der Waals surface area contributed by atoms with Gasteiger partial charge in [-0.15, -0.1) is 0 Å². The molecule has 0 saturated heterocycles. The molecule has 0 atom stereocenters. The molecule has 3 rings (SSSR count). The molecular weight excluding hydrogens is 404 g/mol. The van der Waals surface area contributed by atoms with E-state index in [0.29, 0.717) is 23.6 Å². The SMILES string of the molecule is CCCn1c(N/N=C/c2ccc(Br)cc2O)nc2c1c(=O)[nH]c(=O)n2C.